The molecule has 2 aromatic heterocycles. The molecule has 142 valence electrons. The fourth-order valence-electron chi connectivity index (χ4n) is 2.90. The number of anilines is 1. The average Bonchev–Trinajstić information content (AvgIpc) is 3.06. The molecule has 0 bridgehead atoms. The van der Waals surface area contributed by atoms with Crippen LogP contribution in [0.25, 0.3) is 22.1 Å². The molecule has 0 aliphatic heterocycles. The number of furan rings is 1. The Balaban J connectivity index is 1.49. The summed E-state index contributed by atoms with van der Waals surface area (Å²) in [5, 5.41) is 4.50. The van der Waals surface area contributed by atoms with Crippen LogP contribution in [0.5, 0.6) is 5.75 Å². The third-order valence-electron chi connectivity index (χ3n) is 4.09. The van der Waals surface area contributed by atoms with Crippen LogP contribution < -0.4 is 10.1 Å². The first-order chi connectivity index (χ1) is 13.6. The van der Waals surface area contributed by atoms with E-state index in [1.807, 2.05) is 62.4 Å². The van der Waals surface area contributed by atoms with Crippen molar-refractivity contribution in [1.29, 1.82) is 0 Å². The van der Waals surface area contributed by atoms with Gasteiger partial charge in [-0.2, -0.15) is 0 Å². The molecule has 0 aliphatic rings. The van der Waals surface area contributed by atoms with Crippen LogP contribution in [-0.4, -0.2) is 28.2 Å². The molecule has 0 spiro atoms. The normalized spacial score (nSPS) is 11.1. The second-order valence-electron chi connectivity index (χ2n) is 6.15. The molecule has 6 nitrogen and oxygen atoms in total. The SMILES string of the molecule is CCOc1ccc(NC(=O)CSc2nc(C)nc3c2oc2ccccc23)cc1. The molecule has 0 unspecified atom stereocenters. The molecular formula is C21H19N3O3S. The van der Waals surface area contributed by atoms with Crippen LogP contribution in [0.1, 0.15) is 12.7 Å². The molecular weight excluding hydrogens is 374 g/mol. The number of hydrogen-bond donors (Lipinski definition) is 1. The van der Waals surface area contributed by atoms with Crippen LogP contribution in [0.4, 0.5) is 5.69 Å². The number of carbonyl (C=O) groups is 1. The standard InChI is InChI=1S/C21H19N3O3S/c1-3-26-15-10-8-14(9-11-15)24-18(25)12-28-21-20-19(22-13(2)23-21)16-6-4-5-7-17(16)27-20/h4-11H,3,12H2,1-2H3,(H,24,25). The molecule has 4 rings (SSSR count). The number of fused-ring (bicyclic) bond motifs is 3. The van der Waals surface area contributed by atoms with Crippen LogP contribution in [-0.2, 0) is 4.79 Å². The van der Waals surface area contributed by atoms with Gasteiger partial charge in [-0.15, -0.1) is 0 Å². The first-order valence-corrected chi connectivity index (χ1v) is 9.94. The summed E-state index contributed by atoms with van der Waals surface area (Å²) in [6.45, 7) is 4.38. The van der Waals surface area contributed by atoms with Crippen LogP contribution in [0.3, 0.4) is 0 Å². The number of thioether (sulfide) groups is 1. The number of amides is 1. The van der Waals surface area contributed by atoms with Gasteiger partial charge in [0.1, 0.15) is 27.7 Å². The van der Waals surface area contributed by atoms with Crippen molar-refractivity contribution in [1.82, 2.24) is 9.97 Å². The third kappa shape index (κ3) is 3.80. The van der Waals surface area contributed by atoms with Crippen molar-refractivity contribution >= 4 is 45.4 Å². The van der Waals surface area contributed by atoms with E-state index in [1.54, 1.807) is 0 Å². The Morgan fingerprint density at radius 3 is 2.71 bits per heavy atom. The Kier molecular flexibility index (Phi) is 5.16. The van der Waals surface area contributed by atoms with Crippen molar-refractivity contribution in [2.75, 3.05) is 17.7 Å². The van der Waals surface area contributed by atoms with Gasteiger partial charge < -0.3 is 14.5 Å². The molecule has 0 saturated carbocycles. The lowest BCUT2D eigenvalue weighted by Crippen LogP contribution is -2.14. The Hall–Kier alpha value is -3.06. The molecule has 1 amide bonds. The van der Waals surface area contributed by atoms with Crippen LogP contribution >= 0.6 is 11.8 Å². The highest BCUT2D eigenvalue weighted by Crippen LogP contribution is 2.33. The number of carbonyl (C=O) groups excluding carboxylic acids is 1. The largest absolute Gasteiger partial charge is 0.494 e. The van der Waals surface area contributed by atoms with Crippen molar-refractivity contribution in [2.24, 2.45) is 0 Å². The maximum Gasteiger partial charge on any atom is 0.234 e. The molecule has 2 heterocycles. The minimum Gasteiger partial charge on any atom is -0.494 e. The quantitative estimate of drug-likeness (QED) is 0.374. The smallest absolute Gasteiger partial charge is 0.234 e. The van der Waals surface area contributed by atoms with Gasteiger partial charge in [0.2, 0.25) is 5.91 Å². The average molecular weight is 393 g/mol. The summed E-state index contributed by atoms with van der Waals surface area (Å²) in [7, 11) is 0. The number of aromatic nitrogens is 2. The summed E-state index contributed by atoms with van der Waals surface area (Å²) in [5.74, 6) is 1.53. The zero-order valence-corrected chi connectivity index (χ0v) is 16.4. The highest BCUT2D eigenvalue weighted by atomic mass is 32.2. The molecule has 7 heteroatoms. The predicted molar refractivity (Wildman–Crippen MR) is 111 cm³/mol. The maximum absolute atomic E-state index is 12.4. The van der Waals surface area contributed by atoms with Crippen molar-refractivity contribution in [2.45, 2.75) is 18.9 Å². The number of benzene rings is 2. The summed E-state index contributed by atoms with van der Waals surface area (Å²) in [5.41, 5.74) is 2.88. The Morgan fingerprint density at radius 2 is 1.93 bits per heavy atom. The summed E-state index contributed by atoms with van der Waals surface area (Å²) < 4.78 is 11.3. The molecule has 1 N–H and O–H groups in total. The third-order valence-corrected chi connectivity index (χ3v) is 5.05. The van der Waals surface area contributed by atoms with E-state index in [-0.39, 0.29) is 11.7 Å². The van der Waals surface area contributed by atoms with E-state index in [9.17, 15) is 4.79 Å². The zero-order valence-electron chi connectivity index (χ0n) is 15.6. The number of nitrogens with one attached hydrogen (secondary N) is 1. The zero-order chi connectivity index (χ0) is 19.5. The van der Waals surface area contributed by atoms with Gasteiger partial charge in [0.15, 0.2) is 5.58 Å². The summed E-state index contributed by atoms with van der Waals surface area (Å²) >= 11 is 1.34. The number of rotatable bonds is 6. The first-order valence-electron chi connectivity index (χ1n) is 8.95. The van der Waals surface area contributed by atoms with Crippen LogP contribution in [0.15, 0.2) is 58.0 Å². The number of aryl methyl sites for hydroxylation is 1. The number of hydrogen-bond acceptors (Lipinski definition) is 6. The molecule has 28 heavy (non-hydrogen) atoms. The van der Waals surface area contributed by atoms with Crippen molar-refractivity contribution in [3.63, 3.8) is 0 Å². The van der Waals surface area contributed by atoms with Gasteiger partial charge >= 0.3 is 0 Å². The van der Waals surface area contributed by atoms with E-state index < -0.39 is 0 Å². The molecule has 0 saturated heterocycles. The monoisotopic (exact) mass is 393 g/mol. The highest BCUT2D eigenvalue weighted by molar-refractivity contribution is 8.00. The maximum atomic E-state index is 12.4. The lowest BCUT2D eigenvalue weighted by atomic mass is 10.2. The lowest BCUT2D eigenvalue weighted by Gasteiger charge is -2.07. The fourth-order valence-corrected chi connectivity index (χ4v) is 3.71. The van der Waals surface area contributed by atoms with E-state index in [1.165, 1.54) is 11.8 Å². The van der Waals surface area contributed by atoms with E-state index in [2.05, 4.69) is 15.3 Å². The van der Waals surface area contributed by atoms with Gasteiger partial charge in [0.25, 0.3) is 0 Å². The van der Waals surface area contributed by atoms with Gasteiger partial charge in [-0.1, -0.05) is 23.9 Å². The van der Waals surface area contributed by atoms with Gasteiger partial charge in [-0.25, -0.2) is 9.97 Å². The van der Waals surface area contributed by atoms with Gasteiger partial charge in [-0.3, -0.25) is 4.79 Å². The summed E-state index contributed by atoms with van der Waals surface area (Å²) in [6, 6.07) is 15.0. The highest BCUT2D eigenvalue weighted by Gasteiger charge is 2.16. The summed E-state index contributed by atoms with van der Waals surface area (Å²) in [4.78, 5) is 21.3. The van der Waals surface area contributed by atoms with Gasteiger partial charge in [0.05, 0.1) is 12.4 Å². The minimum atomic E-state index is -0.116. The summed E-state index contributed by atoms with van der Waals surface area (Å²) in [6.07, 6.45) is 0. The molecule has 2 aromatic carbocycles. The molecule has 0 fully saturated rings. The van der Waals surface area contributed by atoms with Crippen LogP contribution in [0, 0.1) is 6.92 Å². The van der Waals surface area contributed by atoms with Crippen molar-refractivity contribution < 1.29 is 13.9 Å². The van der Waals surface area contributed by atoms with E-state index in [4.69, 9.17) is 9.15 Å². The molecule has 0 radical (unpaired) electrons. The topological polar surface area (TPSA) is 77.2 Å². The second-order valence-corrected chi connectivity index (χ2v) is 7.11. The molecule has 0 atom stereocenters. The first kappa shape index (κ1) is 18.3. The molecule has 4 aromatic rings. The van der Waals surface area contributed by atoms with E-state index >= 15 is 0 Å². The van der Waals surface area contributed by atoms with E-state index in [0.717, 1.165) is 27.9 Å². The fraction of sp³-hybridized carbons (Fsp3) is 0.190. The van der Waals surface area contributed by atoms with Crippen LogP contribution in [0.2, 0.25) is 0 Å². The minimum absolute atomic E-state index is 0.116. The predicted octanol–water partition coefficient (Wildman–Crippen LogP) is 4.81. The number of ether oxygens (including phenoxy) is 1. The van der Waals surface area contributed by atoms with Crippen molar-refractivity contribution in [3.05, 3.63) is 54.4 Å². The van der Waals surface area contributed by atoms with Crippen molar-refractivity contribution in [3.8, 4) is 5.75 Å². The Morgan fingerprint density at radius 1 is 1.14 bits per heavy atom. The number of para-hydroxylation sites is 1. The lowest BCUT2D eigenvalue weighted by molar-refractivity contribution is -0.113. The van der Waals surface area contributed by atoms with Gasteiger partial charge in [-0.05, 0) is 50.2 Å². The second kappa shape index (κ2) is 7.90. The Labute approximate surface area is 166 Å². The van der Waals surface area contributed by atoms with Gasteiger partial charge in [0, 0.05) is 11.1 Å². The van der Waals surface area contributed by atoms with E-state index in [0.29, 0.717) is 23.0 Å². The Bertz CT molecular complexity index is 1140. The number of nitrogens with zero attached hydrogens (tertiary/aromatic N) is 2. The molecule has 0 aliphatic carbocycles.